The Bertz CT molecular complexity index is 843. The molecule has 2 N–H and O–H groups in total. The second-order valence-electron chi connectivity index (χ2n) is 13.3. The van der Waals surface area contributed by atoms with Gasteiger partial charge in [-0.25, -0.2) is 0 Å². The normalized spacial score (nSPS) is 43.7. The lowest BCUT2D eigenvalue weighted by molar-refractivity contribution is -0.165. The lowest BCUT2D eigenvalue weighted by Gasteiger charge is -2.62. The SMILES string of the molecule is CCOC[C@@]1(O)CC[C@@]2(C)[C@H](CC[C@@H]3[C@@H]2CC[C@]2(C)C(C(CC)NCc4ccccc4)CC[C@@H]32)C1. The molecule has 2 unspecified atom stereocenters. The summed E-state index contributed by atoms with van der Waals surface area (Å²) in [7, 11) is 0. The third-order valence-corrected chi connectivity index (χ3v) is 11.8. The highest BCUT2D eigenvalue weighted by Crippen LogP contribution is 2.68. The molecule has 0 heterocycles. The van der Waals surface area contributed by atoms with Crippen LogP contribution in [0.25, 0.3) is 0 Å². The highest BCUT2D eigenvalue weighted by Gasteiger charge is 2.61. The molecule has 4 aliphatic rings. The molecule has 35 heavy (non-hydrogen) atoms. The number of nitrogens with one attached hydrogen (secondary N) is 1. The molecule has 1 aromatic rings. The number of hydrogen-bond donors (Lipinski definition) is 2. The Labute approximate surface area is 214 Å². The summed E-state index contributed by atoms with van der Waals surface area (Å²) >= 11 is 0. The van der Waals surface area contributed by atoms with Gasteiger partial charge in [-0.2, -0.15) is 0 Å². The van der Waals surface area contributed by atoms with E-state index >= 15 is 0 Å². The summed E-state index contributed by atoms with van der Waals surface area (Å²) < 4.78 is 5.70. The smallest absolute Gasteiger partial charge is 0.0883 e. The maximum Gasteiger partial charge on any atom is 0.0883 e. The number of ether oxygens (including phenoxy) is 1. The summed E-state index contributed by atoms with van der Waals surface area (Å²) in [4.78, 5) is 0. The van der Waals surface area contributed by atoms with Gasteiger partial charge in [0.15, 0.2) is 0 Å². The van der Waals surface area contributed by atoms with E-state index in [0.717, 1.165) is 43.1 Å². The van der Waals surface area contributed by atoms with Crippen LogP contribution in [-0.4, -0.2) is 30.0 Å². The highest BCUT2D eigenvalue weighted by atomic mass is 16.5. The fourth-order valence-corrected chi connectivity index (χ4v) is 9.86. The molecule has 3 nitrogen and oxygen atoms in total. The third kappa shape index (κ3) is 4.64. The van der Waals surface area contributed by atoms with Crippen LogP contribution in [0.1, 0.15) is 97.5 Å². The zero-order valence-electron chi connectivity index (χ0n) is 22.9. The molecule has 9 atom stereocenters. The highest BCUT2D eigenvalue weighted by molar-refractivity contribution is 5.15. The second-order valence-corrected chi connectivity index (χ2v) is 13.3. The average molecular weight is 482 g/mol. The first kappa shape index (κ1) is 25.7. The predicted octanol–water partition coefficient (Wildman–Crippen LogP) is 6.98. The Morgan fingerprint density at radius 2 is 1.71 bits per heavy atom. The molecule has 4 fully saturated rings. The van der Waals surface area contributed by atoms with E-state index in [1.54, 1.807) is 0 Å². The van der Waals surface area contributed by atoms with E-state index in [-0.39, 0.29) is 0 Å². The Balaban J connectivity index is 1.28. The van der Waals surface area contributed by atoms with Gasteiger partial charge in [0.1, 0.15) is 0 Å². The minimum atomic E-state index is -0.590. The van der Waals surface area contributed by atoms with Crippen LogP contribution in [0.2, 0.25) is 0 Å². The largest absolute Gasteiger partial charge is 0.387 e. The van der Waals surface area contributed by atoms with Gasteiger partial charge in [-0.3, -0.25) is 0 Å². The molecule has 0 amide bonds. The lowest BCUT2D eigenvalue weighted by atomic mass is 9.43. The number of aliphatic hydroxyl groups is 1. The summed E-state index contributed by atoms with van der Waals surface area (Å²) in [5.41, 5.74) is 1.71. The molecule has 0 spiro atoms. The summed E-state index contributed by atoms with van der Waals surface area (Å²) in [6, 6.07) is 11.6. The molecular formula is C32H51NO2. The van der Waals surface area contributed by atoms with Gasteiger partial charge in [-0.15, -0.1) is 0 Å². The monoisotopic (exact) mass is 481 g/mol. The Kier molecular flexibility index (Phi) is 7.43. The van der Waals surface area contributed by atoms with Gasteiger partial charge < -0.3 is 15.2 Å². The van der Waals surface area contributed by atoms with Crippen molar-refractivity contribution < 1.29 is 9.84 Å². The molecular weight excluding hydrogens is 430 g/mol. The van der Waals surface area contributed by atoms with Crippen LogP contribution in [0.4, 0.5) is 0 Å². The predicted molar refractivity (Wildman–Crippen MR) is 144 cm³/mol. The van der Waals surface area contributed by atoms with Gasteiger partial charge in [0, 0.05) is 19.2 Å². The van der Waals surface area contributed by atoms with Crippen LogP contribution in [0.3, 0.4) is 0 Å². The zero-order valence-corrected chi connectivity index (χ0v) is 22.9. The average Bonchev–Trinajstić information content (AvgIpc) is 3.22. The van der Waals surface area contributed by atoms with Crippen molar-refractivity contribution in [2.75, 3.05) is 13.2 Å². The maximum atomic E-state index is 11.3. The van der Waals surface area contributed by atoms with E-state index in [0.29, 0.717) is 36.0 Å². The van der Waals surface area contributed by atoms with Crippen molar-refractivity contribution >= 4 is 0 Å². The number of rotatable bonds is 8. The summed E-state index contributed by atoms with van der Waals surface area (Å²) in [5, 5.41) is 15.3. The van der Waals surface area contributed by atoms with Crippen molar-refractivity contribution in [3.8, 4) is 0 Å². The van der Waals surface area contributed by atoms with Crippen LogP contribution >= 0.6 is 0 Å². The van der Waals surface area contributed by atoms with Crippen LogP contribution in [-0.2, 0) is 11.3 Å². The van der Waals surface area contributed by atoms with Crippen molar-refractivity contribution in [1.29, 1.82) is 0 Å². The molecule has 4 saturated carbocycles. The Hall–Kier alpha value is -0.900. The van der Waals surface area contributed by atoms with Crippen molar-refractivity contribution in [1.82, 2.24) is 5.32 Å². The first-order valence-corrected chi connectivity index (χ1v) is 14.9. The maximum absolute atomic E-state index is 11.3. The van der Waals surface area contributed by atoms with Crippen LogP contribution < -0.4 is 5.32 Å². The van der Waals surface area contributed by atoms with Gasteiger partial charge >= 0.3 is 0 Å². The molecule has 196 valence electrons. The fourth-order valence-electron chi connectivity index (χ4n) is 9.86. The summed E-state index contributed by atoms with van der Waals surface area (Å²) in [6.07, 6.45) is 12.6. The van der Waals surface area contributed by atoms with E-state index in [1.165, 1.54) is 56.9 Å². The van der Waals surface area contributed by atoms with E-state index < -0.39 is 5.60 Å². The third-order valence-electron chi connectivity index (χ3n) is 11.8. The van der Waals surface area contributed by atoms with E-state index in [1.807, 2.05) is 6.92 Å². The van der Waals surface area contributed by atoms with Crippen molar-refractivity contribution in [2.24, 2.45) is 40.4 Å². The summed E-state index contributed by atoms with van der Waals surface area (Å²) in [6.45, 7) is 11.9. The fraction of sp³-hybridized carbons (Fsp3) is 0.812. The number of benzene rings is 1. The van der Waals surface area contributed by atoms with E-state index in [4.69, 9.17) is 4.74 Å². The minimum Gasteiger partial charge on any atom is -0.387 e. The van der Waals surface area contributed by atoms with Crippen molar-refractivity contribution in [2.45, 2.75) is 110 Å². The number of hydrogen-bond acceptors (Lipinski definition) is 3. The van der Waals surface area contributed by atoms with Gasteiger partial charge in [0.2, 0.25) is 0 Å². The van der Waals surface area contributed by atoms with Crippen LogP contribution in [0.5, 0.6) is 0 Å². The van der Waals surface area contributed by atoms with Gasteiger partial charge in [0.05, 0.1) is 12.2 Å². The van der Waals surface area contributed by atoms with E-state index in [9.17, 15) is 5.11 Å². The zero-order chi connectivity index (χ0) is 24.7. The van der Waals surface area contributed by atoms with Gasteiger partial charge in [0.25, 0.3) is 0 Å². The molecule has 0 bridgehead atoms. The Morgan fingerprint density at radius 1 is 0.943 bits per heavy atom. The second kappa shape index (κ2) is 10.1. The molecule has 4 aliphatic carbocycles. The van der Waals surface area contributed by atoms with Crippen LogP contribution in [0, 0.1) is 40.4 Å². The molecule has 3 heteroatoms. The molecule has 0 aromatic heterocycles. The van der Waals surface area contributed by atoms with Gasteiger partial charge in [-0.1, -0.05) is 51.1 Å². The molecule has 0 radical (unpaired) electrons. The van der Waals surface area contributed by atoms with Crippen molar-refractivity contribution in [3.63, 3.8) is 0 Å². The topological polar surface area (TPSA) is 41.5 Å². The standard InChI is InChI=1S/C32H51NO2/c1-5-29(33-21-23-10-8-7-9-11-23)28-15-14-26-25-13-12-24-20-32(34,22-35-6-2)19-18-30(24,3)27(25)16-17-31(26,28)4/h7-11,24-29,33-34H,5-6,12-22H2,1-4H3/t24-,25+,26+,27+,28?,29?,30+,31+,32-/m1/s1. The first-order chi connectivity index (χ1) is 16.8. The van der Waals surface area contributed by atoms with Gasteiger partial charge in [-0.05, 0) is 117 Å². The van der Waals surface area contributed by atoms with Crippen molar-refractivity contribution in [3.05, 3.63) is 35.9 Å². The molecule has 5 rings (SSSR count). The molecule has 0 saturated heterocycles. The lowest BCUT2D eigenvalue weighted by Crippen LogP contribution is -2.57. The Morgan fingerprint density at radius 3 is 2.46 bits per heavy atom. The molecule has 1 aromatic carbocycles. The summed E-state index contributed by atoms with van der Waals surface area (Å²) in [5.74, 6) is 4.10. The first-order valence-electron chi connectivity index (χ1n) is 14.9. The minimum absolute atomic E-state index is 0.413. The quantitative estimate of drug-likeness (QED) is 0.421. The number of fused-ring (bicyclic) bond motifs is 5. The van der Waals surface area contributed by atoms with E-state index in [2.05, 4.69) is 56.4 Å². The molecule has 0 aliphatic heterocycles. The van der Waals surface area contributed by atoms with Crippen LogP contribution in [0.15, 0.2) is 30.3 Å².